The van der Waals surface area contributed by atoms with Crippen LogP contribution >= 0.6 is 0 Å². The highest BCUT2D eigenvalue weighted by atomic mass is 19.4. The fraction of sp³-hybridized carbons (Fsp3) is 0.467. The summed E-state index contributed by atoms with van der Waals surface area (Å²) in [6.45, 7) is -0.168. The summed E-state index contributed by atoms with van der Waals surface area (Å²) in [5.41, 5.74) is -1.85. The van der Waals surface area contributed by atoms with Crippen LogP contribution in [-0.4, -0.2) is 62.5 Å². The van der Waals surface area contributed by atoms with E-state index in [1.54, 1.807) is 24.3 Å². The van der Waals surface area contributed by atoms with Crippen LogP contribution in [0.15, 0.2) is 34.5 Å². The molecule has 1 atom stereocenters. The highest BCUT2D eigenvalue weighted by Crippen LogP contribution is 2.50. The van der Waals surface area contributed by atoms with Gasteiger partial charge in [0.15, 0.2) is 6.61 Å². The minimum Gasteiger partial charge on any atom is -0.484 e. The standard InChI is InChI=1S/C15H14F3N7O2/c16-15(17,18)14(21-22-14)11-5-2-6-25(11)12(26)8-27-10-4-1-3-9(7-10)13-19-23-24-20-13/h1,3-4,7,11H,2,5-6,8H2,(H,19,20,23,24). The molecule has 1 fully saturated rings. The Balaban J connectivity index is 1.42. The zero-order valence-corrected chi connectivity index (χ0v) is 13.8. The van der Waals surface area contributed by atoms with Gasteiger partial charge in [-0.05, 0) is 30.2 Å². The Morgan fingerprint density at radius 2 is 2.19 bits per heavy atom. The van der Waals surface area contributed by atoms with E-state index in [4.69, 9.17) is 4.74 Å². The molecule has 1 aromatic heterocycles. The number of nitrogens with one attached hydrogen (secondary N) is 1. The summed E-state index contributed by atoms with van der Waals surface area (Å²) in [5.74, 6) is 0.187. The third-order valence-electron chi connectivity index (χ3n) is 4.57. The predicted molar refractivity (Wildman–Crippen MR) is 83.5 cm³/mol. The molecule has 27 heavy (non-hydrogen) atoms. The van der Waals surface area contributed by atoms with Crippen LogP contribution in [-0.2, 0) is 4.79 Å². The van der Waals surface area contributed by atoms with E-state index in [1.807, 2.05) is 0 Å². The lowest BCUT2D eigenvalue weighted by Gasteiger charge is -2.29. The first-order chi connectivity index (χ1) is 12.9. The van der Waals surface area contributed by atoms with Crippen molar-refractivity contribution in [3.63, 3.8) is 0 Å². The molecule has 1 N–H and O–H groups in total. The van der Waals surface area contributed by atoms with Crippen LogP contribution in [0.5, 0.6) is 5.75 Å². The number of alkyl halides is 3. The number of likely N-dealkylation sites (tertiary alicyclic amines) is 1. The molecule has 0 aliphatic carbocycles. The van der Waals surface area contributed by atoms with Crippen molar-refractivity contribution in [1.82, 2.24) is 25.5 Å². The lowest BCUT2D eigenvalue weighted by Crippen LogP contribution is -2.53. The summed E-state index contributed by atoms with van der Waals surface area (Å²) < 4.78 is 45.2. The molecule has 1 amide bonds. The van der Waals surface area contributed by atoms with Gasteiger partial charge in [0.25, 0.3) is 5.91 Å². The average molecular weight is 381 g/mol. The summed E-state index contributed by atoms with van der Waals surface area (Å²) in [6.07, 6.45) is -3.95. The molecule has 0 spiro atoms. The third-order valence-corrected chi connectivity index (χ3v) is 4.57. The third kappa shape index (κ3) is 3.11. The minimum absolute atomic E-state index is 0.200. The van der Waals surface area contributed by atoms with E-state index >= 15 is 0 Å². The Morgan fingerprint density at radius 1 is 1.37 bits per heavy atom. The highest BCUT2D eigenvalue weighted by Gasteiger charge is 2.70. The number of H-pyrrole nitrogens is 1. The molecule has 2 aliphatic rings. The monoisotopic (exact) mass is 381 g/mol. The number of aromatic amines is 1. The molecule has 4 rings (SSSR count). The van der Waals surface area contributed by atoms with Crippen molar-refractivity contribution in [2.45, 2.75) is 30.7 Å². The number of halogens is 3. The van der Waals surface area contributed by atoms with Gasteiger partial charge in [-0.1, -0.05) is 12.1 Å². The van der Waals surface area contributed by atoms with E-state index in [2.05, 4.69) is 30.9 Å². The molecule has 1 unspecified atom stereocenters. The second-order valence-corrected chi connectivity index (χ2v) is 6.22. The summed E-state index contributed by atoms with van der Waals surface area (Å²) >= 11 is 0. The second kappa shape index (κ2) is 6.28. The van der Waals surface area contributed by atoms with E-state index < -0.39 is 23.8 Å². The Morgan fingerprint density at radius 3 is 2.85 bits per heavy atom. The first kappa shape index (κ1) is 17.4. The number of hydrogen-bond donors (Lipinski definition) is 1. The molecule has 3 heterocycles. The number of nitrogens with zero attached hydrogens (tertiary/aromatic N) is 6. The van der Waals surface area contributed by atoms with E-state index in [-0.39, 0.29) is 19.6 Å². The van der Waals surface area contributed by atoms with Crippen molar-refractivity contribution >= 4 is 5.91 Å². The number of benzene rings is 1. The van der Waals surface area contributed by atoms with Crippen LogP contribution in [0.25, 0.3) is 11.4 Å². The predicted octanol–water partition coefficient (Wildman–Crippen LogP) is 1.96. The molecule has 12 heteroatoms. The molecular weight excluding hydrogens is 367 g/mol. The van der Waals surface area contributed by atoms with Gasteiger partial charge in [-0.3, -0.25) is 4.79 Å². The maximum absolute atomic E-state index is 13.2. The van der Waals surface area contributed by atoms with Gasteiger partial charge < -0.3 is 9.64 Å². The van der Waals surface area contributed by atoms with Gasteiger partial charge in [-0.25, -0.2) is 0 Å². The first-order valence-corrected chi connectivity index (χ1v) is 8.18. The van der Waals surface area contributed by atoms with Crippen molar-refractivity contribution in [3.05, 3.63) is 24.3 Å². The van der Waals surface area contributed by atoms with Crippen LogP contribution in [0.1, 0.15) is 12.8 Å². The van der Waals surface area contributed by atoms with Gasteiger partial charge in [-0.2, -0.15) is 18.4 Å². The topological polar surface area (TPSA) is 109 Å². The number of tetrazole rings is 1. The Kier molecular flexibility index (Phi) is 4.04. The summed E-state index contributed by atoms with van der Waals surface area (Å²) in [7, 11) is 0. The first-order valence-electron chi connectivity index (χ1n) is 8.18. The Labute approximate surface area is 150 Å². The molecule has 2 aliphatic heterocycles. The molecule has 0 saturated carbocycles. The maximum atomic E-state index is 13.2. The van der Waals surface area contributed by atoms with Crippen molar-refractivity contribution in [2.75, 3.05) is 13.2 Å². The largest absolute Gasteiger partial charge is 0.484 e. The molecule has 2 aromatic rings. The van der Waals surface area contributed by atoms with Gasteiger partial charge in [-0.15, -0.1) is 20.4 Å². The fourth-order valence-corrected chi connectivity index (χ4v) is 3.21. The zero-order chi connectivity index (χ0) is 19.1. The summed E-state index contributed by atoms with van der Waals surface area (Å²) in [6, 6.07) is 5.55. The van der Waals surface area contributed by atoms with Crippen LogP contribution in [0, 0.1) is 0 Å². The zero-order valence-electron chi connectivity index (χ0n) is 13.8. The second-order valence-electron chi connectivity index (χ2n) is 6.22. The molecule has 0 bridgehead atoms. The van der Waals surface area contributed by atoms with Crippen molar-refractivity contribution < 1.29 is 22.7 Å². The molecule has 0 radical (unpaired) electrons. The van der Waals surface area contributed by atoms with E-state index in [0.29, 0.717) is 23.6 Å². The molecule has 9 nitrogen and oxygen atoms in total. The number of carbonyl (C=O) groups is 1. The minimum atomic E-state index is -4.61. The highest BCUT2D eigenvalue weighted by molar-refractivity contribution is 5.78. The SMILES string of the molecule is O=C(COc1cccc(-c2nn[nH]n2)c1)N1CCCC1C1(C(F)(F)F)N=N1. The quantitative estimate of drug-likeness (QED) is 0.852. The van der Waals surface area contributed by atoms with Gasteiger partial charge in [0.05, 0.1) is 6.04 Å². The van der Waals surface area contributed by atoms with Crippen molar-refractivity contribution in [3.8, 4) is 17.1 Å². The number of rotatable bonds is 5. The van der Waals surface area contributed by atoms with Gasteiger partial charge >= 0.3 is 11.8 Å². The normalized spacial score (nSPS) is 20.7. The molecule has 142 valence electrons. The summed E-state index contributed by atoms with van der Waals surface area (Å²) in [5, 5.41) is 19.9. The number of ether oxygens (including phenoxy) is 1. The molecule has 1 aromatic carbocycles. The smallest absolute Gasteiger partial charge is 0.439 e. The number of aromatic nitrogens is 4. The average Bonchev–Trinajstić information content (AvgIpc) is 3.09. The van der Waals surface area contributed by atoms with Crippen molar-refractivity contribution in [1.29, 1.82) is 0 Å². The van der Waals surface area contributed by atoms with Crippen LogP contribution in [0.3, 0.4) is 0 Å². The van der Waals surface area contributed by atoms with E-state index in [9.17, 15) is 18.0 Å². The lowest BCUT2D eigenvalue weighted by atomic mass is 10.0. The van der Waals surface area contributed by atoms with Crippen molar-refractivity contribution in [2.24, 2.45) is 10.2 Å². The fourth-order valence-electron chi connectivity index (χ4n) is 3.21. The van der Waals surface area contributed by atoms with Crippen LogP contribution in [0.2, 0.25) is 0 Å². The Hall–Kier alpha value is -3.05. The molecule has 1 saturated heterocycles. The van der Waals surface area contributed by atoms with Gasteiger partial charge in [0, 0.05) is 12.1 Å². The Bertz CT molecular complexity index is 863. The van der Waals surface area contributed by atoms with Gasteiger partial charge in [0.2, 0.25) is 5.82 Å². The van der Waals surface area contributed by atoms with E-state index in [0.717, 1.165) is 4.90 Å². The lowest BCUT2D eigenvalue weighted by molar-refractivity contribution is -0.179. The molecular formula is C15H14F3N7O2. The number of carbonyl (C=O) groups excluding carboxylic acids is 1. The maximum Gasteiger partial charge on any atom is 0.439 e. The number of amides is 1. The van der Waals surface area contributed by atoms with Crippen LogP contribution in [0.4, 0.5) is 13.2 Å². The summed E-state index contributed by atoms with van der Waals surface area (Å²) in [4.78, 5) is 13.6. The number of hydrogen-bond acceptors (Lipinski definition) is 7. The van der Waals surface area contributed by atoms with Gasteiger partial charge in [0.1, 0.15) is 5.75 Å². The van der Waals surface area contributed by atoms with Crippen LogP contribution < -0.4 is 4.74 Å². The van der Waals surface area contributed by atoms with E-state index in [1.165, 1.54) is 0 Å².